The van der Waals surface area contributed by atoms with Gasteiger partial charge in [-0.15, -0.1) is 11.3 Å². The van der Waals surface area contributed by atoms with Gasteiger partial charge in [-0.1, -0.05) is 12.5 Å². The zero-order valence-electron chi connectivity index (χ0n) is 15.7. The van der Waals surface area contributed by atoms with E-state index in [4.69, 9.17) is 20.2 Å². The molecular formula is C21H24N2O3S. The molecule has 2 aromatic heterocycles. The average Bonchev–Trinajstić information content (AvgIpc) is 3.06. The summed E-state index contributed by atoms with van der Waals surface area (Å²) in [5, 5.41) is 2.01. The lowest BCUT2D eigenvalue weighted by atomic mass is 9.85. The third-order valence-electron chi connectivity index (χ3n) is 5.30. The molecule has 0 aromatic carbocycles. The number of nitrogens with two attached hydrogens (primary N) is 1. The van der Waals surface area contributed by atoms with Crippen molar-refractivity contribution in [1.82, 2.24) is 4.98 Å². The van der Waals surface area contributed by atoms with E-state index >= 15 is 0 Å². The lowest BCUT2D eigenvalue weighted by Gasteiger charge is -2.30. The second-order valence-electron chi connectivity index (χ2n) is 6.97. The zero-order chi connectivity index (χ0) is 19.0. The van der Waals surface area contributed by atoms with Gasteiger partial charge in [-0.25, -0.2) is 9.78 Å². The molecule has 1 atom stereocenters. The number of aromatic nitrogens is 1. The number of fused-ring (bicyclic) bond motifs is 2. The van der Waals surface area contributed by atoms with E-state index in [9.17, 15) is 4.79 Å². The number of rotatable bonds is 3. The molecule has 0 saturated carbocycles. The number of thiophene rings is 1. The van der Waals surface area contributed by atoms with Crippen molar-refractivity contribution < 1.29 is 14.3 Å². The number of carbonyl (C=O) groups excluding carboxylic acids is 1. The molecule has 4 rings (SSSR count). The van der Waals surface area contributed by atoms with E-state index in [1.54, 1.807) is 25.2 Å². The Balaban J connectivity index is 1.93. The van der Waals surface area contributed by atoms with Crippen LogP contribution in [-0.4, -0.2) is 17.6 Å². The van der Waals surface area contributed by atoms with Gasteiger partial charge in [0.15, 0.2) is 0 Å². The Morgan fingerprint density at radius 3 is 2.93 bits per heavy atom. The van der Waals surface area contributed by atoms with Crippen LogP contribution in [0.2, 0.25) is 0 Å². The Hall–Kier alpha value is -2.34. The molecule has 142 valence electrons. The van der Waals surface area contributed by atoms with Crippen LogP contribution < -0.4 is 10.5 Å². The minimum Gasteiger partial charge on any atom is -0.463 e. The number of nitrogen functional groups attached to an aromatic ring is 1. The molecule has 2 N–H and O–H groups in total. The quantitative estimate of drug-likeness (QED) is 0.629. The van der Waals surface area contributed by atoms with Crippen molar-refractivity contribution in [2.24, 2.45) is 0 Å². The maximum atomic E-state index is 12.8. The van der Waals surface area contributed by atoms with Gasteiger partial charge in [0.2, 0.25) is 5.88 Å². The molecule has 6 heteroatoms. The summed E-state index contributed by atoms with van der Waals surface area (Å²) in [4.78, 5) is 18.6. The van der Waals surface area contributed by atoms with Crippen molar-refractivity contribution in [2.45, 2.75) is 51.9 Å². The first-order valence-corrected chi connectivity index (χ1v) is 10.4. The van der Waals surface area contributed by atoms with Gasteiger partial charge in [-0.3, -0.25) is 0 Å². The molecule has 0 fully saturated rings. The van der Waals surface area contributed by atoms with Gasteiger partial charge in [-0.2, -0.15) is 0 Å². The Bertz CT molecular complexity index is 903. The van der Waals surface area contributed by atoms with Gasteiger partial charge in [0, 0.05) is 16.3 Å². The van der Waals surface area contributed by atoms with Crippen LogP contribution in [0.4, 0.5) is 5.69 Å². The van der Waals surface area contributed by atoms with Gasteiger partial charge >= 0.3 is 5.97 Å². The van der Waals surface area contributed by atoms with E-state index in [1.807, 2.05) is 17.5 Å². The number of nitrogens with zero attached hydrogens (tertiary/aromatic N) is 1. The molecule has 27 heavy (non-hydrogen) atoms. The van der Waals surface area contributed by atoms with Crippen molar-refractivity contribution in [3.05, 3.63) is 50.5 Å². The van der Waals surface area contributed by atoms with Gasteiger partial charge < -0.3 is 15.2 Å². The number of hydrogen-bond acceptors (Lipinski definition) is 6. The first-order valence-electron chi connectivity index (χ1n) is 9.52. The molecule has 0 amide bonds. The highest BCUT2D eigenvalue weighted by Crippen LogP contribution is 2.48. The van der Waals surface area contributed by atoms with Crippen LogP contribution >= 0.6 is 11.3 Å². The van der Waals surface area contributed by atoms with Crippen LogP contribution in [-0.2, 0) is 22.4 Å². The van der Waals surface area contributed by atoms with E-state index in [0.29, 0.717) is 23.8 Å². The fourth-order valence-corrected chi connectivity index (χ4v) is 4.90. The number of esters is 1. The minimum atomic E-state index is -0.353. The molecule has 0 spiro atoms. The standard InChI is InChI=1S/C21H24N2O3S/c1-3-25-21(24)16-12(2)26-20-18(17(16)15-10-7-11-27-15)19(22)13-8-5-4-6-9-14(13)23-20/h7,10-11,17H,3-6,8-9H2,1-2H3,(H2,22,23)/t17-/m0/s1. The summed E-state index contributed by atoms with van der Waals surface area (Å²) >= 11 is 1.60. The van der Waals surface area contributed by atoms with Crippen molar-refractivity contribution >= 4 is 23.0 Å². The lowest BCUT2D eigenvalue weighted by molar-refractivity contribution is -0.139. The second-order valence-corrected chi connectivity index (χ2v) is 7.95. The predicted molar refractivity (Wildman–Crippen MR) is 106 cm³/mol. The first kappa shape index (κ1) is 18.0. The number of aryl methyl sites for hydroxylation is 1. The largest absolute Gasteiger partial charge is 0.463 e. The molecule has 5 nitrogen and oxygen atoms in total. The van der Waals surface area contributed by atoms with Gasteiger partial charge in [-0.05, 0) is 56.5 Å². The van der Waals surface area contributed by atoms with Crippen LogP contribution in [0.25, 0.3) is 0 Å². The number of hydrogen-bond donors (Lipinski definition) is 1. The predicted octanol–water partition coefficient (Wildman–Crippen LogP) is 4.36. The van der Waals surface area contributed by atoms with E-state index < -0.39 is 0 Å². The van der Waals surface area contributed by atoms with Gasteiger partial charge in [0.05, 0.1) is 23.7 Å². The molecule has 1 aliphatic heterocycles. The number of carbonyl (C=O) groups is 1. The Morgan fingerprint density at radius 1 is 1.37 bits per heavy atom. The van der Waals surface area contributed by atoms with Crippen LogP contribution in [0.1, 0.15) is 60.7 Å². The van der Waals surface area contributed by atoms with Crippen LogP contribution in [0.15, 0.2) is 28.8 Å². The SMILES string of the molecule is CCOC(=O)C1=C(C)Oc2nc3c(c(N)c2[C@H]1c1cccs1)CCCCC3. The van der Waals surface area contributed by atoms with Crippen LogP contribution in [0, 0.1) is 0 Å². The molecule has 0 unspecified atom stereocenters. The molecule has 1 aliphatic carbocycles. The molecule has 0 saturated heterocycles. The summed E-state index contributed by atoms with van der Waals surface area (Å²) in [5.41, 5.74) is 10.9. The zero-order valence-corrected chi connectivity index (χ0v) is 16.5. The molecule has 2 aromatic rings. The Kier molecular flexibility index (Phi) is 4.91. The highest BCUT2D eigenvalue weighted by atomic mass is 32.1. The third-order valence-corrected chi connectivity index (χ3v) is 6.24. The summed E-state index contributed by atoms with van der Waals surface area (Å²) in [7, 11) is 0. The monoisotopic (exact) mass is 384 g/mol. The van der Waals surface area contributed by atoms with E-state index in [2.05, 4.69) is 0 Å². The topological polar surface area (TPSA) is 74.4 Å². The minimum absolute atomic E-state index is 0.297. The fourth-order valence-electron chi connectivity index (χ4n) is 4.06. The Morgan fingerprint density at radius 2 is 2.19 bits per heavy atom. The van der Waals surface area contributed by atoms with Crippen LogP contribution in [0.5, 0.6) is 5.88 Å². The molecule has 0 bridgehead atoms. The van der Waals surface area contributed by atoms with Crippen molar-refractivity contribution in [3.63, 3.8) is 0 Å². The summed E-state index contributed by atoms with van der Waals surface area (Å²) in [6.45, 7) is 3.93. The van der Waals surface area contributed by atoms with Crippen molar-refractivity contribution in [2.75, 3.05) is 12.3 Å². The lowest BCUT2D eigenvalue weighted by Crippen LogP contribution is -2.25. The molecule has 3 heterocycles. The summed E-state index contributed by atoms with van der Waals surface area (Å²) in [5.74, 6) is 0.430. The number of anilines is 1. The molecular weight excluding hydrogens is 360 g/mol. The van der Waals surface area contributed by atoms with Crippen molar-refractivity contribution in [3.8, 4) is 5.88 Å². The summed E-state index contributed by atoms with van der Waals surface area (Å²) in [6, 6.07) is 4.02. The second kappa shape index (κ2) is 7.35. The smallest absolute Gasteiger partial charge is 0.338 e. The van der Waals surface area contributed by atoms with Crippen molar-refractivity contribution in [1.29, 1.82) is 0 Å². The Labute approximate surface area is 163 Å². The van der Waals surface area contributed by atoms with E-state index in [1.165, 1.54) is 6.42 Å². The number of ether oxygens (including phenoxy) is 2. The number of allylic oxidation sites excluding steroid dienone is 1. The molecule has 0 radical (unpaired) electrons. The first-order chi connectivity index (χ1) is 13.1. The van der Waals surface area contributed by atoms with E-state index in [0.717, 1.165) is 53.1 Å². The maximum Gasteiger partial charge on any atom is 0.338 e. The number of pyridine rings is 1. The fraction of sp³-hybridized carbons (Fsp3) is 0.429. The highest BCUT2D eigenvalue weighted by molar-refractivity contribution is 7.10. The molecule has 2 aliphatic rings. The average molecular weight is 385 g/mol. The third kappa shape index (κ3) is 3.12. The summed E-state index contributed by atoms with van der Waals surface area (Å²) in [6.07, 6.45) is 5.27. The van der Waals surface area contributed by atoms with Gasteiger partial charge in [0.1, 0.15) is 5.76 Å². The van der Waals surface area contributed by atoms with Gasteiger partial charge in [0.25, 0.3) is 0 Å². The highest BCUT2D eigenvalue weighted by Gasteiger charge is 2.38. The summed E-state index contributed by atoms with van der Waals surface area (Å²) < 4.78 is 11.4. The maximum absolute atomic E-state index is 12.8. The van der Waals surface area contributed by atoms with Crippen LogP contribution in [0.3, 0.4) is 0 Å². The normalized spacial score (nSPS) is 19.0. The van der Waals surface area contributed by atoms with E-state index in [-0.39, 0.29) is 11.9 Å².